The molecule has 0 atom stereocenters. The van der Waals surface area contributed by atoms with E-state index in [0.717, 1.165) is 11.3 Å². The third-order valence-corrected chi connectivity index (χ3v) is 13.6. The van der Waals surface area contributed by atoms with Gasteiger partial charge in [-0.3, -0.25) is 0 Å². The predicted molar refractivity (Wildman–Crippen MR) is 315 cm³/mol. The highest BCUT2D eigenvalue weighted by Gasteiger charge is 2.46. The van der Waals surface area contributed by atoms with E-state index in [4.69, 9.17) is 0 Å². The van der Waals surface area contributed by atoms with Crippen LogP contribution in [0.15, 0.2) is 285 Å². The highest BCUT2D eigenvalue weighted by molar-refractivity contribution is 5.95. The standard InChI is InChI=1S/C50H37N.C13H12.C7H8.C2H6/c1-35-23-25-36(26-24-35)38-14-12-15-39(33-38)40-28-30-49-46(34-40)43-20-9-8-13-37(43)27-29-48-45(31-32-51-49)44-21-10-11-22-47(44)50(48,41-16-4-2-5-17-41)42-18-6-3-7-19-42;1-11-7-9-13(10-8-11)12-5-3-2-4-6-12;1-7-5-3-2-4-6-7;1-2/h2-34,51H,1H3;2-10H,1H3;2-6H,1H3;1-2H3/b29-27-,32-31+;;;. The Kier molecular flexibility index (Phi) is 15.8. The van der Waals surface area contributed by atoms with Gasteiger partial charge in [-0.15, -0.1) is 0 Å². The van der Waals surface area contributed by atoms with Crippen LogP contribution in [0, 0.1) is 20.8 Å². The summed E-state index contributed by atoms with van der Waals surface area (Å²) in [6.07, 6.45) is 9.09. The summed E-state index contributed by atoms with van der Waals surface area (Å²) in [6, 6.07) is 93.4. The summed E-state index contributed by atoms with van der Waals surface area (Å²) in [5.74, 6) is 0. The molecule has 73 heavy (non-hydrogen) atoms. The maximum atomic E-state index is 3.73. The molecule has 10 aromatic carbocycles. The first kappa shape index (κ1) is 49.2. The van der Waals surface area contributed by atoms with Crippen molar-refractivity contribution in [3.05, 3.63) is 329 Å². The van der Waals surface area contributed by atoms with Crippen molar-refractivity contribution in [2.24, 2.45) is 0 Å². The number of benzene rings is 10. The zero-order valence-electron chi connectivity index (χ0n) is 42.6. The van der Waals surface area contributed by atoms with E-state index in [9.17, 15) is 0 Å². The second-order valence-corrected chi connectivity index (χ2v) is 18.3. The van der Waals surface area contributed by atoms with E-state index >= 15 is 0 Å². The number of rotatable bonds is 5. The Morgan fingerprint density at radius 2 is 0.753 bits per heavy atom. The van der Waals surface area contributed by atoms with Crippen LogP contribution >= 0.6 is 0 Å². The van der Waals surface area contributed by atoms with Gasteiger partial charge in [0.2, 0.25) is 0 Å². The molecule has 0 unspecified atom stereocenters. The maximum Gasteiger partial charge on any atom is 0.0713 e. The summed E-state index contributed by atoms with van der Waals surface area (Å²) in [5.41, 5.74) is 22.9. The van der Waals surface area contributed by atoms with Crippen LogP contribution in [0.3, 0.4) is 0 Å². The summed E-state index contributed by atoms with van der Waals surface area (Å²) < 4.78 is 0. The molecule has 0 fully saturated rings. The number of fused-ring (bicyclic) bond motifs is 5. The van der Waals surface area contributed by atoms with Gasteiger partial charge in [0.15, 0.2) is 0 Å². The highest BCUT2D eigenvalue weighted by Crippen LogP contribution is 2.55. The minimum atomic E-state index is -0.485. The Morgan fingerprint density at radius 3 is 1.34 bits per heavy atom. The molecule has 12 rings (SSSR count). The average Bonchev–Trinajstić information content (AvgIpc) is 3.73. The van der Waals surface area contributed by atoms with Crippen molar-refractivity contribution in [1.29, 1.82) is 0 Å². The van der Waals surface area contributed by atoms with E-state index in [-0.39, 0.29) is 0 Å². The zero-order chi connectivity index (χ0) is 50.4. The van der Waals surface area contributed by atoms with Crippen LogP contribution in [-0.4, -0.2) is 0 Å². The minimum absolute atomic E-state index is 0.485. The molecule has 1 heterocycles. The Bertz CT molecular complexity index is 3430. The molecule has 356 valence electrons. The predicted octanol–water partition coefficient (Wildman–Crippen LogP) is 19.4. The number of nitrogens with one attached hydrogen (secondary N) is 1. The Labute approximate surface area is 434 Å². The fourth-order valence-electron chi connectivity index (χ4n) is 9.98. The largest absolute Gasteiger partial charge is 0.361 e. The quantitative estimate of drug-likeness (QED) is 0.181. The van der Waals surface area contributed by atoms with E-state index in [1.54, 1.807) is 0 Å². The van der Waals surface area contributed by atoms with Crippen LogP contribution in [0.4, 0.5) is 5.69 Å². The topological polar surface area (TPSA) is 12.0 Å². The van der Waals surface area contributed by atoms with Crippen LogP contribution in [-0.2, 0) is 5.41 Å². The van der Waals surface area contributed by atoms with E-state index in [1.807, 2.05) is 38.1 Å². The molecule has 1 heteroatoms. The first-order valence-corrected chi connectivity index (χ1v) is 25.6. The van der Waals surface area contributed by atoms with Gasteiger partial charge in [-0.1, -0.05) is 285 Å². The summed E-state index contributed by atoms with van der Waals surface area (Å²) in [5, 5.41) is 3.73. The molecule has 1 aliphatic carbocycles. The van der Waals surface area contributed by atoms with E-state index < -0.39 is 5.41 Å². The lowest BCUT2D eigenvalue weighted by atomic mass is 9.66. The van der Waals surface area contributed by atoms with Gasteiger partial charge in [0, 0.05) is 17.5 Å². The van der Waals surface area contributed by atoms with Crippen LogP contribution in [0.25, 0.3) is 56.2 Å². The lowest BCUT2D eigenvalue weighted by Gasteiger charge is -2.35. The number of anilines is 1. The van der Waals surface area contributed by atoms with Crippen LogP contribution < -0.4 is 5.32 Å². The molecule has 0 radical (unpaired) electrons. The zero-order valence-corrected chi connectivity index (χ0v) is 42.6. The number of hydrogen-bond donors (Lipinski definition) is 1. The molecule has 0 bridgehead atoms. The Hall–Kier alpha value is -8.78. The third kappa shape index (κ3) is 10.9. The average molecular weight is 942 g/mol. The molecule has 1 aliphatic heterocycles. The van der Waals surface area contributed by atoms with Crippen molar-refractivity contribution in [1.82, 2.24) is 0 Å². The molecule has 0 saturated heterocycles. The molecule has 2 aliphatic rings. The molecule has 0 spiro atoms. The van der Waals surface area contributed by atoms with Crippen molar-refractivity contribution in [2.45, 2.75) is 40.0 Å². The molecule has 10 aromatic rings. The van der Waals surface area contributed by atoms with Gasteiger partial charge in [0.1, 0.15) is 0 Å². The Morgan fingerprint density at radius 1 is 0.315 bits per heavy atom. The second-order valence-electron chi connectivity index (χ2n) is 18.3. The van der Waals surface area contributed by atoms with Crippen LogP contribution in [0.1, 0.15) is 58.4 Å². The van der Waals surface area contributed by atoms with E-state index in [2.05, 4.69) is 287 Å². The smallest absolute Gasteiger partial charge is 0.0713 e. The number of aryl methyl sites for hydroxylation is 3. The molecule has 1 nitrogen and oxygen atoms in total. The van der Waals surface area contributed by atoms with Gasteiger partial charge in [0.25, 0.3) is 0 Å². The van der Waals surface area contributed by atoms with Gasteiger partial charge in [0.05, 0.1) is 5.41 Å². The summed E-state index contributed by atoms with van der Waals surface area (Å²) in [7, 11) is 0. The van der Waals surface area contributed by atoms with Crippen molar-refractivity contribution >= 4 is 17.3 Å². The van der Waals surface area contributed by atoms with Crippen molar-refractivity contribution in [3.8, 4) is 44.5 Å². The highest BCUT2D eigenvalue weighted by atomic mass is 14.8. The lowest BCUT2D eigenvalue weighted by molar-refractivity contribution is 0.762. The molecule has 0 aromatic heterocycles. The molecular formula is C72H63N. The summed E-state index contributed by atoms with van der Waals surface area (Å²) in [6.45, 7) is 10.3. The van der Waals surface area contributed by atoms with Gasteiger partial charge >= 0.3 is 0 Å². The molecular weight excluding hydrogens is 879 g/mol. The molecule has 0 saturated carbocycles. The van der Waals surface area contributed by atoms with Crippen molar-refractivity contribution < 1.29 is 0 Å². The van der Waals surface area contributed by atoms with Crippen molar-refractivity contribution in [2.75, 3.05) is 5.32 Å². The number of allylic oxidation sites excluding steroid dienone is 4. The Balaban J connectivity index is 0.000000246. The van der Waals surface area contributed by atoms with E-state index in [0.29, 0.717) is 0 Å². The fraction of sp³-hybridized carbons (Fsp3) is 0.0833. The lowest BCUT2D eigenvalue weighted by Crippen LogP contribution is -2.29. The third-order valence-electron chi connectivity index (χ3n) is 13.6. The monoisotopic (exact) mass is 941 g/mol. The minimum Gasteiger partial charge on any atom is -0.361 e. The van der Waals surface area contributed by atoms with Crippen molar-refractivity contribution in [3.63, 3.8) is 0 Å². The normalized spacial score (nSPS) is 13.4. The SMILES string of the molecule is CC.Cc1ccc(-c2cccc(-c3ccc4c(c3)-c3ccccc3\C=C/C3=C(/C=C/N4)c4ccccc4C3(c3ccccc3)c3ccccc3)c2)cc1.Cc1ccc(-c2ccccc2)cc1.Cc1ccccc1. The summed E-state index contributed by atoms with van der Waals surface area (Å²) >= 11 is 0. The van der Waals surface area contributed by atoms with Gasteiger partial charge in [-0.2, -0.15) is 0 Å². The first-order valence-electron chi connectivity index (χ1n) is 25.6. The van der Waals surface area contributed by atoms with Gasteiger partial charge in [-0.25, -0.2) is 0 Å². The van der Waals surface area contributed by atoms with Gasteiger partial charge < -0.3 is 5.32 Å². The molecule has 0 amide bonds. The summed E-state index contributed by atoms with van der Waals surface area (Å²) in [4.78, 5) is 0. The van der Waals surface area contributed by atoms with Crippen LogP contribution in [0.5, 0.6) is 0 Å². The second kappa shape index (κ2) is 23.4. The number of hydrogen-bond acceptors (Lipinski definition) is 1. The first-order chi connectivity index (χ1) is 36.0. The van der Waals surface area contributed by atoms with Crippen LogP contribution in [0.2, 0.25) is 0 Å². The van der Waals surface area contributed by atoms with Gasteiger partial charge in [-0.05, 0) is 123 Å². The van der Waals surface area contributed by atoms with E-state index in [1.165, 1.54) is 94.6 Å². The fourth-order valence-corrected chi connectivity index (χ4v) is 9.98. The maximum absolute atomic E-state index is 3.73. The molecule has 1 N–H and O–H groups in total.